The van der Waals surface area contributed by atoms with Crippen molar-refractivity contribution in [2.24, 2.45) is 0 Å². The number of anilines is 2. The van der Waals surface area contributed by atoms with Crippen LogP contribution < -0.4 is 10.1 Å². The van der Waals surface area contributed by atoms with E-state index in [0.717, 1.165) is 16.9 Å². The second-order valence-corrected chi connectivity index (χ2v) is 6.14. The first-order chi connectivity index (χ1) is 13.6. The van der Waals surface area contributed by atoms with E-state index in [9.17, 15) is 4.39 Å². The fourth-order valence-electron chi connectivity index (χ4n) is 2.90. The van der Waals surface area contributed by atoms with E-state index in [1.54, 1.807) is 30.1 Å². The fraction of sp³-hybridized carbons (Fsp3) is 0.0952. The maximum atomic E-state index is 13.5. The first-order valence-electron chi connectivity index (χ1n) is 8.70. The molecule has 0 unspecified atom stereocenters. The van der Waals surface area contributed by atoms with Crippen LogP contribution in [0, 0.1) is 12.7 Å². The Labute approximate surface area is 161 Å². The number of hydrogen-bond donors (Lipinski definition) is 1. The maximum Gasteiger partial charge on any atom is 0.227 e. The summed E-state index contributed by atoms with van der Waals surface area (Å²) in [5.41, 5.74) is 3.76. The number of aryl methyl sites for hydroxylation is 1. The molecular formula is C21H18FN5O. The number of halogens is 1. The van der Waals surface area contributed by atoms with Gasteiger partial charge in [-0.05, 0) is 43.3 Å². The number of para-hydroxylation sites is 2. The molecule has 0 atom stereocenters. The number of benzene rings is 2. The molecule has 2 aromatic carbocycles. The van der Waals surface area contributed by atoms with Crippen LogP contribution in [0.15, 0.2) is 67.0 Å². The molecule has 7 heteroatoms. The van der Waals surface area contributed by atoms with Crippen LogP contribution in [0.4, 0.5) is 16.0 Å². The van der Waals surface area contributed by atoms with Crippen molar-refractivity contribution < 1.29 is 9.13 Å². The molecule has 1 N–H and O–H groups in total. The number of nitrogens with zero attached hydrogens (tertiary/aromatic N) is 4. The molecule has 0 fully saturated rings. The van der Waals surface area contributed by atoms with Crippen LogP contribution in [-0.2, 0) is 0 Å². The SMILES string of the molecule is COc1ccccc1Nc1nccc(-c2cn(-c3cccc(F)c3)nc2C)n1. The number of aromatic nitrogens is 4. The van der Waals surface area contributed by atoms with E-state index < -0.39 is 0 Å². The molecule has 140 valence electrons. The minimum Gasteiger partial charge on any atom is -0.495 e. The average molecular weight is 375 g/mol. The van der Waals surface area contributed by atoms with Gasteiger partial charge >= 0.3 is 0 Å². The van der Waals surface area contributed by atoms with Crippen molar-refractivity contribution in [3.05, 3.63) is 78.5 Å². The molecule has 0 amide bonds. The van der Waals surface area contributed by atoms with Gasteiger partial charge in [-0.15, -0.1) is 0 Å². The predicted molar refractivity (Wildman–Crippen MR) is 106 cm³/mol. The van der Waals surface area contributed by atoms with E-state index in [1.165, 1.54) is 12.1 Å². The second kappa shape index (κ2) is 7.48. The molecule has 0 bridgehead atoms. The van der Waals surface area contributed by atoms with Crippen molar-refractivity contribution in [2.75, 3.05) is 12.4 Å². The zero-order chi connectivity index (χ0) is 19.5. The first kappa shape index (κ1) is 17.7. The third-order valence-electron chi connectivity index (χ3n) is 4.26. The first-order valence-corrected chi connectivity index (χ1v) is 8.70. The lowest BCUT2D eigenvalue weighted by atomic mass is 10.2. The molecule has 2 heterocycles. The fourth-order valence-corrected chi connectivity index (χ4v) is 2.90. The molecule has 0 spiro atoms. The van der Waals surface area contributed by atoms with E-state index >= 15 is 0 Å². The highest BCUT2D eigenvalue weighted by atomic mass is 19.1. The van der Waals surface area contributed by atoms with Crippen LogP contribution in [0.1, 0.15) is 5.69 Å². The smallest absolute Gasteiger partial charge is 0.227 e. The summed E-state index contributed by atoms with van der Waals surface area (Å²) in [6, 6.07) is 15.7. The Hall–Kier alpha value is -3.74. The van der Waals surface area contributed by atoms with Crippen molar-refractivity contribution in [3.8, 4) is 22.7 Å². The second-order valence-electron chi connectivity index (χ2n) is 6.14. The van der Waals surface area contributed by atoms with Gasteiger partial charge in [-0.3, -0.25) is 0 Å². The zero-order valence-electron chi connectivity index (χ0n) is 15.4. The van der Waals surface area contributed by atoms with Crippen LogP contribution in [-0.4, -0.2) is 26.9 Å². The topological polar surface area (TPSA) is 64.9 Å². The van der Waals surface area contributed by atoms with E-state index in [2.05, 4.69) is 20.4 Å². The molecule has 4 aromatic rings. The highest BCUT2D eigenvalue weighted by molar-refractivity contribution is 5.66. The van der Waals surface area contributed by atoms with Crippen LogP contribution in [0.5, 0.6) is 5.75 Å². The van der Waals surface area contributed by atoms with Gasteiger partial charge in [-0.2, -0.15) is 5.10 Å². The molecule has 0 aliphatic carbocycles. The number of methoxy groups -OCH3 is 1. The lowest BCUT2D eigenvalue weighted by molar-refractivity contribution is 0.417. The van der Waals surface area contributed by atoms with Crippen molar-refractivity contribution >= 4 is 11.6 Å². The number of ether oxygens (including phenoxy) is 1. The quantitative estimate of drug-likeness (QED) is 0.555. The standard InChI is InChI=1S/C21H18FN5O/c1-14-17(13-27(26-14)16-7-5-6-15(22)12-16)18-10-11-23-21(24-18)25-19-8-3-4-9-20(19)28-2/h3-13H,1-2H3,(H,23,24,25). The molecule has 0 radical (unpaired) electrons. The summed E-state index contributed by atoms with van der Waals surface area (Å²) < 4.78 is 20.5. The van der Waals surface area contributed by atoms with E-state index in [0.29, 0.717) is 23.1 Å². The molecule has 28 heavy (non-hydrogen) atoms. The van der Waals surface area contributed by atoms with E-state index in [4.69, 9.17) is 4.74 Å². The summed E-state index contributed by atoms with van der Waals surface area (Å²) in [5, 5.41) is 7.66. The molecule has 0 aliphatic heterocycles. The van der Waals surface area contributed by atoms with Crippen LogP contribution in [0.3, 0.4) is 0 Å². The largest absolute Gasteiger partial charge is 0.495 e. The maximum absolute atomic E-state index is 13.5. The Kier molecular flexibility index (Phi) is 4.72. The minimum atomic E-state index is -0.308. The average Bonchev–Trinajstić information content (AvgIpc) is 3.10. The van der Waals surface area contributed by atoms with Crippen LogP contribution in [0.25, 0.3) is 16.9 Å². The summed E-state index contributed by atoms with van der Waals surface area (Å²) in [6.07, 6.45) is 3.51. The van der Waals surface area contributed by atoms with Crippen molar-refractivity contribution in [3.63, 3.8) is 0 Å². The highest BCUT2D eigenvalue weighted by Crippen LogP contribution is 2.27. The summed E-state index contributed by atoms with van der Waals surface area (Å²) in [7, 11) is 1.61. The number of hydrogen-bond acceptors (Lipinski definition) is 5. The monoisotopic (exact) mass is 375 g/mol. The molecule has 4 rings (SSSR count). The number of rotatable bonds is 5. The molecule has 6 nitrogen and oxygen atoms in total. The van der Waals surface area contributed by atoms with Gasteiger partial charge in [-0.1, -0.05) is 18.2 Å². The molecule has 0 aliphatic rings. The Morgan fingerprint density at radius 2 is 1.93 bits per heavy atom. The van der Waals surface area contributed by atoms with Crippen molar-refractivity contribution in [2.45, 2.75) is 6.92 Å². The lowest BCUT2D eigenvalue weighted by Crippen LogP contribution is -1.99. The van der Waals surface area contributed by atoms with E-state index in [1.807, 2.05) is 43.5 Å². The van der Waals surface area contributed by atoms with Gasteiger partial charge < -0.3 is 10.1 Å². The van der Waals surface area contributed by atoms with Gasteiger partial charge in [0.25, 0.3) is 0 Å². The van der Waals surface area contributed by atoms with Gasteiger partial charge in [0.15, 0.2) is 0 Å². The zero-order valence-corrected chi connectivity index (χ0v) is 15.4. The summed E-state index contributed by atoms with van der Waals surface area (Å²) in [4.78, 5) is 8.88. The minimum absolute atomic E-state index is 0.308. The van der Waals surface area contributed by atoms with Crippen LogP contribution >= 0.6 is 0 Å². The molecule has 2 aromatic heterocycles. The Bertz CT molecular complexity index is 1130. The molecule has 0 saturated heterocycles. The Morgan fingerprint density at radius 3 is 2.75 bits per heavy atom. The highest BCUT2D eigenvalue weighted by Gasteiger charge is 2.12. The van der Waals surface area contributed by atoms with Gasteiger partial charge in [0.2, 0.25) is 5.95 Å². The summed E-state index contributed by atoms with van der Waals surface area (Å²) in [6.45, 7) is 1.89. The lowest BCUT2D eigenvalue weighted by Gasteiger charge is -2.10. The predicted octanol–water partition coefficient (Wildman–Crippen LogP) is 4.53. The normalized spacial score (nSPS) is 10.7. The third kappa shape index (κ3) is 3.55. The summed E-state index contributed by atoms with van der Waals surface area (Å²) in [5.74, 6) is 0.837. The van der Waals surface area contributed by atoms with Gasteiger partial charge in [-0.25, -0.2) is 19.0 Å². The van der Waals surface area contributed by atoms with Gasteiger partial charge in [0.05, 0.1) is 29.9 Å². The Balaban J connectivity index is 1.66. The Morgan fingerprint density at radius 1 is 1.07 bits per heavy atom. The van der Waals surface area contributed by atoms with E-state index in [-0.39, 0.29) is 5.82 Å². The van der Waals surface area contributed by atoms with Crippen molar-refractivity contribution in [1.82, 2.24) is 19.7 Å². The number of nitrogens with one attached hydrogen (secondary N) is 1. The third-order valence-corrected chi connectivity index (χ3v) is 4.26. The molecule has 0 saturated carbocycles. The van der Waals surface area contributed by atoms with Crippen LogP contribution in [0.2, 0.25) is 0 Å². The molecular weight excluding hydrogens is 357 g/mol. The summed E-state index contributed by atoms with van der Waals surface area (Å²) >= 11 is 0. The van der Waals surface area contributed by atoms with Crippen molar-refractivity contribution in [1.29, 1.82) is 0 Å². The van der Waals surface area contributed by atoms with Gasteiger partial charge in [0.1, 0.15) is 11.6 Å². The van der Waals surface area contributed by atoms with Gasteiger partial charge in [0, 0.05) is 18.0 Å².